The molecule has 0 aromatic rings. The molecule has 10 heteroatoms. The topological polar surface area (TPSA) is 104 Å². The van der Waals surface area contributed by atoms with E-state index in [1.54, 1.807) is 20.1 Å². The molecule has 0 saturated carbocycles. The highest BCUT2D eigenvalue weighted by molar-refractivity contribution is 6.74. The summed E-state index contributed by atoms with van der Waals surface area (Å²) in [6.07, 6.45) is 10.3. The monoisotopic (exact) mass is 750 g/mol. The maximum Gasteiger partial charge on any atom is 0.308 e. The first-order valence-corrected chi connectivity index (χ1v) is 25.1. The van der Waals surface area contributed by atoms with Crippen molar-refractivity contribution in [2.24, 2.45) is 17.8 Å². The summed E-state index contributed by atoms with van der Waals surface area (Å²) in [5.74, 6) is -0.605. The second kappa shape index (κ2) is 20.9. The van der Waals surface area contributed by atoms with Gasteiger partial charge in [0, 0.05) is 24.9 Å². The number of hydrogen-bond acceptors (Lipinski definition) is 8. The molecule has 0 bridgehead atoms. The third kappa shape index (κ3) is 12.6. The quantitative estimate of drug-likeness (QED) is 0.0603. The van der Waals surface area contributed by atoms with Crippen LogP contribution in [0.1, 0.15) is 109 Å². The molecule has 9 unspecified atom stereocenters. The molecule has 2 aliphatic rings. The predicted molar refractivity (Wildman–Crippen MR) is 213 cm³/mol. The molecule has 0 aliphatic carbocycles. The molecule has 10 atom stereocenters. The number of aliphatic hydroxyl groups is 1. The Bertz CT molecular complexity index is 1150. The van der Waals surface area contributed by atoms with Crippen molar-refractivity contribution in [3.05, 3.63) is 36.0 Å². The summed E-state index contributed by atoms with van der Waals surface area (Å²) < 4.78 is 32.2. The number of rotatable bonds is 19. The van der Waals surface area contributed by atoms with Crippen molar-refractivity contribution in [1.82, 2.24) is 0 Å². The van der Waals surface area contributed by atoms with Gasteiger partial charge in [0.1, 0.15) is 17.8 Å². The van der Waals surface area contributed by atoms with E-state index in [0.29, 0.717) is 6.42 Å². The van der Waals surface area contributed by atoms with E-state index in [1.807, 2.05) is 26.0 Å². The standard InChI is InChI=1S/C41H74O8Si2/c1-14-34(45-13)32(11)39-40(47-39)38(49-51(18-5,19-6)20-7)30(9)23-21-22-29(8)37-31(10)24-25-35(42)41(12,44)27-26-33(28-36(43)46-37)48-50(15-2,16-3)17-4/h21-25,30-34,37-40,44H,14-20,26-28H2,1-13H3/b23-21+,25-24+,29-22+/t30?,31?,32?,33?,34?,37?,38?,39?,40?,41-/m1/s1. The number of cyclic esters (lactones) is 1. The average molecular weight is 751 g/mol. The van der Waals surface area contributed by atoms with Gasteiger partial charge in [0.25, 0.3) is 0 Å². The van der Waals surface area contributed by atoms with Crippen LogP contribution in [0.2, 0.25) is 36.3 Å². The van der Waals surface area contributed by atoms with Crippen LogP contribution in [0.25, 0.3) is 0 Å². The van der Waals surface area contributed by atoms with E-state index in [4.69, 9.17) is 23.1 Å². The average Bonchev–Trinajstić information content (AvgIpc) is 3.92. The van der Waals surface area contributed by atoms with Crippen molar-refractivity contribution >= 4 is 28.4 Å². The molecule has 2 aliphatic heterocycles. The Kier molecular flexibility index (Phi) is 18.7. The lowest BCUT2D eigenvalue weighted by Gasteiger charge is -2.35. The molecule has 1 N–H and O–H groups in total. The van der Waals surface area contributed by atoms with Crippen LogP contribution >= 0.6 is 0 Å². The number of esters is 1. The Morgan fingerprint density at radius 2 is 1.59 bits per heavy atom. The molecular formula is C41H74O8Si2. The van der Waals surface area contributed by atoms with Gasteiger partial charge in [0.15, 0.2) is 22.4 Å². The molecular weight excluding hydrogens is 677 g/mol. The molecule has 2 rings (SSSR count). The van der Waals surface area contributed by atoms with Crippen LogP contribution in [0, 0.1) is 17.8 Å². The molecule has 8 nitrogen and oxygen atoms in total. The first-order chi connectivity index (χ1) is 24.0. The van der Waals surface area contributed by atoms with Crippen molar-refractivity contribution in [2.75, 3.05) is 7.11 Å². The van der Waals surface area contributed by atoms with Gasteiger partial charge >= 0.3 is 5.97 Å². The highest BCUT2D eigenvalue weighted by Gasteiger charge is 2.53. The molecule has 0 aromatic carbocycles. The van der Waals surface area contributed by atoms with Crippen LogP contribution < -0.4 is 0 Å². The molecule has 0 amide bonds. The molecule has 294 valence electrons. The van der Waals surface area contributed by atoms with E-state index in [9.17, 15) is 14.7 Å². The molecule has 2 heterocycles. The summed E-state index contributed by atoms with van der Waals surface area (Å²) in [4.78, 5) is 26.7. The highest BCUT2D eigenvalue weighted by atomic mass is 28.4. The van der Waals surface area contributed by atoms with E-state index in [2.05, 4.69) is 68.4 Å². The van der Waals surface area contributed by atoms with Crippen molar-refractivity contribution in [3.8, 4) is 0 Å². The third-order valence-electron chi connectivity index (χ3n) is 12.3. The smallest absolute Gasteiger partial charge is 0.308 e. The summed E-state index contributed by atoms with van der Waals surface area (Å²) in [5, 5.41) is 11.1. The zero-order chi connectivity index (χ0) is 38.6. The second-order valence-corrected chi connectivity index (χ2v) is 25.0. The lowest BCUT2D eigenvalue weighted by Crippen LogP contribution is -2.45. The Balaban J connectivity index is 2.39. The van der Waals surface area contributed by atoms with Gasteiger partial charge in [-0.3, -0.25) is 9.59 Å². The Morgan fingerprint density at radius 3 is 2.12 bits per heavy atom. The van der Waals surface area contributed by atoms with Gasteiger partial charge in [-0.2, -0.15) is 0 Å². The van der Waals surface area contributed by atoms with Gasteiger partial charge in [0.2, 0.25) is 0 Å². The molecule has 1 saturated heterocycles. The van der Waals surface area contributed by atoms with Gasteiger partial charge in [-0.05, 0) is 81.0 Å². The lowest BCUT2D eigenvalue weighted by molar-refractivity contribution is -0.151. The summed E-state index contributed by atoms with van der Waals surface area (Å²) in [6.45, 7) is 25.3. The molecule has 0 aromatic heterocycles. The van der Waals surface area contributed by atoms with Crippen molar-refractivity contribution in [3.63, 3.8) is 0 Å². The number of ether oxygens (including phenoxy) is 3. The van der Waals surface area contributed by atoms with Crippen LogP contribution in [0.4, 0.5) is 0 Å². The lowest BCUT2D eigenvalue weighted by atomic mass is 9.90. The first-order valence-electron chi connectivity index (χ1n) is 20.1. The minimum Gasteiger partial charge on any atom is -0.457 e. The predicted octanol–water partition coefficient (Wildman–Crippen LogP) is 9.34. The number of carbonyl (C=O) groups excluding carboxylic acids is 2. The van der Waals surface area contributed by atoms with E-state index in [-0.39, 0.29) is 66.8 Å². The van der Waals surface area contributed by atoms with E-state index in [0.717, 1.165) is 48.3 Å². The largest absolute Gasteiger partial charge is 0.457 e. The first kappa shape index (κ1) is 45.8. The molecule has 51 heavy (non-hydrogen) atoms. The van der Waals surface area contributed by atoms with Crippen LogP contribution in [-0.4, -0.2) is 82.8 Å². The van der Waals surface area contributed by atoms with Crippen LogP contribution in [0.5, 0.6) is 0 Å². The number of allylic oxidation sites excluding steroid dienone is 2. The van der Waals surface area contributed by atoms with Gasteiger partial charge in [0.05, 0.1) is 30.8 Å². The van der Waals surface area contributed by atoms with Crippen LogP contribution in [0.3, 0.4) is 0 Å². The number of methoxy groups -OCH3 is 1. The summed E-state index contributed by atoms with van der Waals surface area (Å²) in [6, 6.07) is 6.03. The maximum atomic E-state index is 13.6. The number of carbonyl (C=O) groups is 2. The van der Waals surface area contributed by atoms with Crippen molar-refractivity contribution in [2.45, 2.75) is 187 Å². The minimum atomic E-state index is -2.06. The van der Waals surface area contributed by atoms with E-state index < -0.39 is 34.4 Å². The fraction of sp³-hybridized carbons (Fsp3) is 0.805. The Labute approximate surface area is 313 Å². The van der Waals surface area contributed by atoms with Crippen LogP contribution in [-0.2, 0) is 32.7 Å². The fourth-order valence-corrected chi connectivity index (χ4v) is 13.6. The number of hydrogen-bond donors (Lipinski definition) is 1. The highest BCUT2D eigenvalue weighted by Crippen LogP contribution is 2.41. The summed E-state index contributed by atoms with van der Waals surface area (Å²) >= 11 is 0. The van der Waals surface area contributed by atoms with Crippen molar-refractivity contribution < 1.29 is 37.8 Å². The fourth-order valence-electron chi connectivity index (χ4n) is 7.77. The number of epoxide rings is 1. The zero-order valence-corrected chi connectivity index (χ0v) is 36.5. The second-order valence-electron chi connectivity index (χ2n) is 15.6. The van der Waals surface area contributed by atoms with Gasteiger partial charge < -0.3 is 28.2 Å². The molecule has 0 radical (unpaired) electrons. The SMILES string of the molecule is CCC(OC)C(C)C1OC1C(O[Si](CC)(CC)CC)C(C)/C=C/C=C(\C)C1OC(=O)CC(O[Si](CC)(CC)CC)CC[C@@](C)(O)C(=O)/C=C/C1C. The third-order valence-corrected chi connectivity index (χ3v) is 21.6. The van der Waals surface area contributed by atoms with E-state index in [1.165, 1.54) is 6.08 Å². The van der Waals surface area contributed by atoms with E-state index >= 15 is 0 Å². The van der Waals surface area contributed by atoms with Gasteiger partial charge in [-0.25, -0.2) is 0 Å². The Morgan fingerprint density at radius 1 is 1.00 bits per heavy atom. The normalized spacial score (nSPS) is 30.2. The zero-order valence-electron chi connectivity index (χ0n) is 34.5. The van der Waals surface area contributed by atoms with Crippen LogP contribution in [0.15, 0.2) is 36.0 Å². The number of ketones is 1. The molecule has 1 fully saturated rings. The minimum absolute atomic E-state index is 0.0164. The summed E-state index contributed by atoms with van der Waals surface area (Å²) in [5.41, 5.74) is -0.668. The Hall–Kier alpha value is -1.41. The maximum absolute atomic E-state index is 13.6. The van der Waals surface area contributed by atoms with Gasteiger partial charge in [-0.15, -0.1) is 0 Å². The van der Waals surface area contributed by atoms with Crippen molar-refractivity contribution in [1.29, 1.82) is 0 Å². The molecule has 0 spiro atoms. The summed E-state index contributed by atoms with van der Waals surface area (Å²) in [7, 11) is -2.21. The van der Waals surface area contributed by atoms with Gasteiger partial charge in [-0.1, -0.05) is 93.5 Å².